The third-order valence-electron chi connectivity index (χ3n) is 4.86. The maximum atomic E-state index is 11.3. The first-order valence-corrected chi connectivity index (χ1v) is 10.8. The molecule has 1 fully saturated rings. The molecule has 136 valence electrons. The van der Waals surface area contributed by atoms with Crippen molar-refractivity contribution < 1.29 is 4.21 Å². The molecule has 6 heteroatoms. The number of benzene rings is 1. The highest BCUT2D eigenvalue weighted by Crippen LogP contribution is 2.26. The fraction of sp³-hybridized carbons (Fsp3) is 0.579. The predicted molar refractivity (Wildman–Crippen MR) is 105 cm³/mol. The fourth-order valence-corrected chi connectivity index (χ4v) is 4.49. The Morgan fingerprint density at radius 2 is 1.92 bits per heavy atom. The number of hydrogen-bond acceptors (Lipinski definition) is 5. The molecule has 25 heavy (non-hydrogen) atoms. The van der Waals surface area contributed by atoms with E-state index in [0.717, 1.165) is 48.2 Å². The number of rotatable bonds is 6. The molecule has 1 aromatic heterocycles. The van der Waals surface area contributed by atoms with Crippen molar-refractivity contribution in [2.24, 2.45) is 0 Å². The van der Waals surface area contributed by atoms with Gasteiger partial charge in [-0.05, 0) is 51.7 Å². The van der Waals surface area contributed by atoms with Gasteiger partial charge in [0.05, 0.1) is 5.52 Å². The summed E-state index contributed by atoms with van der Waals surface area (Å²) in [5.41, 5.74) is 2.21. The Labute approximate surface area is 152 Å². The molecule has 0 aliphatic heterocycles. The van der Waals surface area contributed by atoms with E-state index in [1.165, 1.54) is 5.56 Å². The van der Waals surface area contributed by atoms with Gasteiger partial charge in [0, 0.05) is 46.3 Å². The SMILES string of the molecule is Cc1ccc2ncnc(NC3CCC(NC(C)CS(C)=O)CC3)c2c1. The molecule has 1 heterocycles. The van der Waals surface area contributed by atoms with E-state index in [1.807, 2.05) is 0 Å². The van der Waals surface area contributed by atoms with Gasteiger partial charge in [0.1, 0.15) is 12.1 Å². The number of fused-ring (bicyclic) bond motifs is 1. The highest BCUT2D eigenvalue weighted by Gasteiger charge is 2.23. The molecular formula is C19H28N4OS. The van der Waals surface area contributed by atoms with Gasteiger partial charge in [-0.25, -0.2) is 9.97 Å². The standard InChI is InChI=1S/C19H28N4OS/c1-13-4-9-18-17(10-13)19(21-12-20-18)23-16-7-5-15(6-8-16)22-14(2)11-25(3)24/h4,9-10,12,14-16,22H,5-8,11H2,1-3H3,(H,20,21,23). The van der Waals surface area contributed by atoms with E-state index < -0.39 is 10.8 Å². The lowest BCUT2D eigenvalue weighted by Crippen LogP contribution is -2.43. The average Bonchev–Trinajstić information content (AvgIpc) is 2.56. The second-order valence-corrected chi connectivity index (χ2v) is 8.72. The van der Waals surface area contributed by atoms with Crippen LogP contribution < -0.4 is 10.6 Å². The monoisotopic (exact) mass is 360 g/mol. The van der Waals surface area contributed by atoms with Crippen LogP contribution >= 0.6 is 0 Å². The van der Waals surface area contributed by atoms with Crippen LogP contribution in [0.25, 0.3) is 10.9 Å². The van der Waals surface area contributed by atoms with Crippen molar-refractivity contribution in [3.05, 3.63) is 30.1 Å². The van der Waals surface area contributed by atoms with Gasteiger partial charge in [-0.1, -0.05) is 11.6 Å². The largest absolute Gasteiger partial charge is 0.367 e. The Morgan fingerprint density at radius 1 is 1.20 bits per heavy atom. The lowest BCUT2D eigenvalue weighted by Gasteiger charge is -2.32. The molecule has 3 rings (SSSR count). The summed E-state index contributed by atoms with van der Waals surface area (Å²) in [5, 5.41) is 8.35. The molecule has 1 aliphatic rings. The Balaban J connectivity index is 1.58. The summed E-state index contributed by atoms with van der Waals surface area (Å²) in [6, 6.07) is 7.58. The summed E-state index contributed by atoms with van der Waals surface area (Å²) in [6.07, 6.45) is 7.93. The van der Waals surface area contributed by atoms with E-state index >= 15 is 0 Å². The molecule has 1 saturated carbocycles. The van der Waals surface area contributed by atoms with Crippen molar-refractivity contribution in [3.63, 3.8) is 0 Å². The molecule has 2 unspecified atom stereocenters. The summed E-state index contributed by atoms with van der Waals surface area (Å²) < 4.78 is 11.3. The number of nitrogens with zero attached hydrogens (tertiary/aromatic N) is 2. The molecule has 2 N–H and O–H groups in total. The number of nitrogens with one attached hydrogen (secondary N) is 2. The number of anilines is 1. The van der Waals surface area contributed by atoms with E-state index in [4.69, 9.17) is 0 Å². The summed E-state index contributed by atoms with van der Waals surface area (Å²) in [6.45, 7) is 4.22. The van der Waals surface area contributed by atoms with Crippen LogP contribution in [0.5, 0.6) is 0 Å². The van der Waals surface area contributed by atoms with Gasteiger partial charge in [-0.2, -0.15) is 0 Å². The predicted octanol–water partition coefficient (Wildman–Crippen LogP) is 3.02. The fourth-order valence-electron chi connectivity index (χ4n) is 3.69. The van der Waals surface area contributed by atoms with Crippen LogP contribution in [-0.4, -0.2) is 44.3 Å². The molecule has 1 aromatic carbocycles. The van der Waals surface area contributed by atoms with Crippen LogP contribution in [0.3, 0.4) is 0 Å². The van der Waals surface area contributed by atoms with Gasteiger partial charge < -0.3 is 10.6 Å². The second-order valence-electron chi connectivity index (χ2n) is 7.24. The zero-order valence-corrected chi connectivity index (χ0v) is 16.1. The van der Waals surface area contributed by atoms with E-state index in [0.29, 0.717) is 18.1 Å². The minimum Gasteiger partial charge on any atom is -0.367 e. The van der Waals surface area contributed by atoms with Gasteiger partial charge in [0.25, 0.3) is 0 Å². The molecule has 0 amide bonds. The highest BCUT2D eigenvalue weighted by molar-refractivity contribution is 7.84. The molecule has 0 bridgehead atoms. The lowest BCUT2D eigenvalue weighted by molar-refractivity contribution is 0.336. The van der Waals surface area contributed by atoms with Crippen molar-refractivity contribution in [2.75, 3.05) is 17.3 Å². The van der Waals surface area contributed by atoms with E-state index in [2.05, 4.69) is 52.6 Å². The summed E-state index contributed by atoms with van der Waals surface area (Å²) in [7, 11) is -0.738. The van der Waals surface area contributed by atoms with E-state index in [1.54, 1.807) is 12.6 Å². The van der Waals surface area contributed by atoms with Crippen molar-refractivity contribution >= 4 is 27.5 Å². The Kier molecular flexibility index (Phi) is 6.02. The van der Waals surface area contributed by atoms with Crippen molar-refractivity contribution in [1.29, 1.82) is 0 Å². The minimum atomic E-state index is -0.738. The first-order chi connectivity index (χ1) is 12.0. The molecule has 1 aliphatic carbocycles. The van der Waals surface area contributed by atoms with Crippen LogP contribution in [0.1, 0.15) is 38.2 Å². The molecule has 2 aromatic rings. The summed E-state index contributed by atoms with van der Waals surface area (Å²) >= 11 is 0. The van der Waals surface area contributed by atoms with Gasteiger partial charge in [-0.3, -0.25) is 4.21 Å². The first kappa shape index (κ1) is 18.3. The number of aromatic nitrogens is 2. The van der Waals surface area contributed by atoms with Gasteiger partial charge in [0.2, 0.25) is 0 Å². The molecule has 5 nitrogen and oxygen atoms in total. The van der Waals surface area contributed by atoms with Crippen LogP contribution in [0.2, 0.25) is 0 Å². The molecule has 0 radical (unpaired) electrons. The normalized spacial score (nSPS) is 23.3. The lowest BCUT2D eigenvalue weighted by atomic mass is 9.90. The Morgan fingerprint density at radius 3 is 2.64 bits per heavy atom. The topological polar surface area (TPSA) is 66.9 Å². The van der Waals surface area contributed by atoms with Crippen molar-refractivity contribution in [2.45, 2.75) is 57.7 Å². The smallest absolute Gasteiger partial charge is 0.137 e. The highest BCUT2D eigenvalue weighted by atomic mass is 32.2. The van der Waals surface area contributed by atoms with Gasteiger partial charge >= 0.3 is 0 Å². The Bertz CT molecular complexity index is 743. The maximum Gasteiger partial charge on any atom is 0.137 e. The Hall–Kier alpha value is -1.53. The number of aryl methyl sites for hydroxylation is 1. The quantitative estimate of drug-likeness (QED) is 0.829. The molecule has 0 spiro atoms. The minimum absolute atomic E-state index is 0.314. The van der Waals surface area contributed by atoms with Crippen LogP contribution in [-0.2, 0) is 10.8 Å². The average molecular weight is 361 g/mol. The van der Waals surface area contributed by atoms with Crippen molar-refractivity contribution in [3.8, 4) is 0 Å². The maximum absolute atomic E-state index is 11.3. The summed E-state index contributed by atoms with van der Waals surface area (Å²) in [4.78, 5) is 8.83. The van der Waals surface area contributed by atoms with Crippen molar-refractivity contribution in [1.82, 2.24) is 15.3 Å². The van der Waals surface area contributed by atoms with Gasteiger partial charge in [0.15, 0.2) is 0 Å². The zero-order valence-electron chi connectivity index (χ0n) is 15.3. The van der Waals surface area contributed by atoms with E-state index in [-0.39, 0.29) is 0 Å². The molecule has 0 saturated heterocycles. The van der Waals surface area contributed by atoms with E-state index in [9.17, 15) is 4.21 Å². The van der Waals surface area contributed by atoms with Crippen LogP contribution in [0.15, 0.2) is 24.5 Å². The molecular weight excluding hydrogens is 332 g/mol. The zero-order chi connectivity index (χ0) is 17.8. The van der Waals surface area contributed by atoms with Crippen LogP contribution in [0.4, 0.5) is 5.82 Å². The first-order valence-electron chi connectivity index (χ1n) is 9.05. The van der Waals surface area contributed by atoms with Gasteiger partial charge in [-0.15, -0.1) is 0 Å². The third kappa shape index (κ3) is 4.98. The van der Waals surface area contributed by atoms with Crippen LogP contribution in [0, 0.1) is 6.92 Å². The molecule has 2 atom stereocenters. The number of hydrogen-bond donors (Lipinski definition) is 2. The third-order valence-corrected chi connectivity index (χ3v) is 5.83. The second kappa shape index (κ2) is 8.23. The summed E-state index contributed by atoms with van der Waals surface area (Å²) in [5.74, 6) is 1.67.